The Kier molecular flexibility index (Phi) is 5.27. The van der Waals surface area contributed by atoms with Gasteiger partial charge in [-0.15, -0.1) is 0 Å². The van der Waals surface area contributed by atoms with E-state index in [4.69, 9.17) is 0 Å². The molecule has 0 aliphatic carbocycles. The molecule has 1 heterocycles. The first-order chi connectivity index (χ1) is 8.54. The van der Waals surface area contributed by atoms with Gasteiger partial charge in [-0.25, -0.2) is 0 Å². The zero-order chi connectivity index (χ0) is 13.7. The Hall–Kier alpha value is -1.43. The molecule has 0 saturated carbocycles. The number of carbonyl (C=O) groups is 3. The van der Waals surface area contributed by atoms with Crippen molar-refractivity contribution < 1.29 is 14.4 Å². The number of nitrogens with one attached hydrogen (secondary N) is 1. The van der Waals surface area contributed by atoms with Crippen molar-refractivity contribution in [1.82, 2.24) is 15.1 Å². The molecule has 1 saturated heterocycles. The van der Waals surface area contributed by atoms with Crippen LogP contribution in [-0.4, -0.2) is 59.7 Å². The lowest BCUT2D eigenvalue weighted by Crippen LogP contribution is -2.44. The first kappa shape index (κ1) is 14.6. The van der Waals surface area contributed by atoms with Crippen molar-refractivity contribution >= 4 is 17.7 Å². The van der Waals surface area contributed by atoms with Crippen molar-refractivity contribution in [3.05, 3.63) is 0 Å². The van der Waals surface area contributed by atoms with Crippen molar-refractivity contribution in [2.75, 3.05) is 26.2 Å². The van der Waals surface area contributed by atoms with E-state index in [0.29, 0.717) is 19.6 Å². The number of likely N-dealkylation sites (tertiary alicyclic amines) is 1. The molecule has 0 aromatic rings. The molecule has 6 heteroatoms. The minimum Gasteiger partial charge on any atom is -0.342 e. The van der Waals surface area contributed by atoms with E-state index in [2.05, 4.69) is 5.32 Å². The number of hydrogen-bond acceptors (Lipinski definition) is 4. The molecular formula is C12H21N3O3. The average Bonchev–Trinajstić information content (AvgIpc) is 2.63. The Morgan fingerprint density at radius 3 is 2.39 bits per heavy atom. The molecule has 0 aromatic heterocycles. The Balaban J connectivity index is 2.48. The molecule has 0 spiro atoms. The van der Waals surface area contributed by atoms with Crippen LogP contribution in [0.4, 0.5) is 0 Å². The molecule has 1 atom stereocenters. The van der Waals surface area contributed by atoms with Crippen molar-refractivity contribution in [3.8, 4) is 0 Å². The third-order valence-electron chi connectivity index (χ3n) is 3.18. The topological polar surface area (TPSA) is 69.7 Å². The highest BCUT2D eigenvalue weighted by molar-refractivity contribution is 6.05. The molecule has 1 rings (SSSR count). The van der Waals surface area contributed by atoms with Gasteiger partial charge in [0.05, 0.1) is 19.0 Å². The maximum absolute atomic E-state index is 11.8. The summed E-state index contributed by atoms with van der Waals surface area (Å²) in [5.74, 6) is -0.444. The third-order valence-corrected chi connectivity index (χ3v) is 3.18. The van der Waals surface area contributed by atoms with E-state index in [-0.39, 0.29) is 30.7 Å². The van der Waals surface area contributed by atoms with Crippen LogP contribution in [0.15, 0.2) is 0 Å². The molecule has 0 radical (unpaired) electrons. The van der Waals surface area contributed by atoms with Crippen LogP contribution in [0.1, 0.15) is 27.2 Å². The SMILES string of the molecule is CCN(CC)C(=O)CNC1CC(=O)N(CC)C1=O. The van der Waals surface area contributed by atoms with Crippen LogP contribution >= 0.6 is 0 Å². The second-order valence-electron chi connectivity index (χ2n) is 4.18. The molecule has 1 fully saturated rings. The predicted octanol–water partition coefficient (Wildman–Crippen LogP) is -0.408. The van der Waals surface area contributed by atoms with E-state index in [9.17, 15) is 14.4 Å². The van der Waals surface area contributed by atoms with Gasteiger partial charge in [-0.05, 0) is 20.8 Å². The van der Waals surface area contributed by atoms with E-state index in [0.717, 1.165) is 0 Å². The summed E-state index contributed by atoms with van der Waals surface area (Å²) in [6.45, 7) is 7.36. The first-order valence-corrected chi connectivity index (χ1v) is 6.40. The van der Waals surface area contributed by atoms with Gasteiger partial charge < -0.3 is 4.90 Å². The Morgan fingerprint density at radius 2 is 1.94 bits per heavy atom. The summed E-state index contributed by atoms with van der Waals surface area (Å²) in [6, 6.07) is -0.544. The van der Waals surface area contributed by atoms with Crippen LogP contribution in [-0.2, 0) is 14.4 Å². The highest BCUT2D eigenvalue weighted by Crippen LogP contribution is 2.12. The lowest BCUT2D eigenvalue weighted by Gasteiger charge is -2.20. The van der Waals surface area contributed by atoms with E-state index in [1.54, 1.807) is 11.8 Å². The maximum atomic E-state index is 11.8. The lowest BCUT2D eigenvalue weighted by atomic mass is 10.2. The molecule has 1 N–H and O–H groups in total. The largest absolute Gasteiger partial charge is 0.342 e. The number of hydrogen-bond donors (Lipinski definition) is 1. The summed E-state index contributed by atoms with van der Waals surface area (Å²) in [5, 5.41) is 2.87. The van der Waals surface area contributed by atoms with Crippen molar-refractivity contribution in [1.29, 1.82) is 0 Å². The van der Waals surface area contributed by atoms with Gasteiger partial charge in [0.2, 0.25) is 17.7 Å². The lowest BCUT2D eigenvalue weighted by molar-refractivity contribution is -0.138. The minimum atomic E-state index is -0.544. The van der Waals surface area contributed by atoms with Crippen LogP contribution in [0.2, 0.25) is 0 Å². The number of likely N-dealkylation sites (N-methyl/N-ethyl adjacent to an activating group) is 2. The maximum Gasteiger partial charge on any atom is 0.246 e. The minimum absolute atomic E-state index is 0.0461. The second-order valence-corrected chi connectivity index (χ2v) is 4.18. The van der Waals surface area contributed by atoms with Gasteiger partial charge in [-0.2, -0.15) is 0 Å². The summed E-state index contributed by atoms with van der Waals surface area (Å²) >= 11 is 0. The third kappa shape index (κ3) is 3.07. The summed E-state index contributed by atoms with van der Waals surface area (Å²) in [4.78, 5) is 37.9. The van der Waals surface area contributed by atoms with E-state index in [1.807, 2.05) is 13.8 Å². The van der Waals surface area contributed by atoms with E-state index < -0.39 is 6.04 Å². The summed E-state index contributed by atoms with van der Waals surface area (Å²) in [5.41, 5.74) is 0. The van der Waals surface area contributed by atoms with Gasteiger partial charge in [0.15, 0.2) is 0 Å². The van der Waals surface area contributed by atoms with Crippen LogP contribution in [0.5, 0.6) is 0 Å². The number of carbonyl (C=O) groups excluding carboxylic acids is 3. The molecule has 0 bridgehead atoms. The highest BCUT2D eigenvalue weighted by Gasteiger charge is 2.37. The Labute approximate surface area is 107 Å². The Morgan fingerprint density at radius 1 is 1.33 bits per heavy atom. The van der Waals surface area contributed by atoms with Gasteiger partial charge in [-0.3, -0.25) is 24.6 Å². The molecule has 1 aliphatic heterocycles. The van der Waals surface area contributed by atoms with Crippen LogP contribution in [0.3, 0.4) is 0 Å². The monoisotopic (exact) mass is 255 g/mol. The molecule has 102 valence electrons. The fraction of sp³-hybridized carbons (Fsp3) is 0.750. The normalized spacial score (nSPS) is 19.5. The van der Waals surface area contributed by atoms with Crippen molar-refractivity contribution in [2.45, 2.75) is 33.2 Å². The van der Waals surface area contributed by atoms with Crippen molar-refractivity contribution in [3.63, 3.8) is 0 Å². The predicted molar refractivity (Wildman–Crippen MR) is 66.7 cm³/mol. The smallest absolute Gasteiger partial charge is 0.246 e. The summed E-state index contributed by atoms with van der Waals surface area (Å²) in [7, 11) is 0. The molecular weight excluding hydrogens is 234 g/mol. The average molecular weight is 255 g/mol. The highest BCUT2D eigenvalue weighted by atomic mass is 16.2. The zero-order valence-electron chi connectivity index (χ0n) is 11.2. The molecule has 1 aliphatic rings. The van der Waals surface area contributed by atoms with Gasteiger partial charge in [0, 0.05) is 19.6 Å². The fourth-order valence-corrected chi connectivity index (χ4v) is 2.07. The van der Waals surface area contributed by atoms with Crippen LogP contribution < -0.4 is 5.32 Å². The molecule has 1 unspecified atom stereocenters. The molecule has 18 heavy (non-hydrogen) atoms. The van der Waals surface area contributed by atoms with E-state index >= 15 is 0 Å². The number of imide groups is 1. The van der Waals surface area contributed by atoms with Crippen LogP contribution in [0, 0.1) is 0 Å². The summed E-state index contributed by atoms with van der Waals surface area (Å²) < 4.78 is 0. The van der Waals surface area contributed by atoms with Gasteiger partial charge >= 0.3 is 0 Å². The van der Waals surface area contributed by atoms with Crippen molar-refractivity contribution in [2.24, 2.45) is 0 Å². The van der Waals surface area contributed by atoms with Gasteiger partial charge in [0.1, 0.15) is 0 Å². The Bertz CT molecular complexity index is 339. The van der Waals surface area contributed by atoms with E-state index in [1.165, 1.54) is 4.90 Å². The zero-order valence-corrected chi connectivity index (χ0v) is 11.2. The van der Waals surface area contributed by atoms with Gasteiger partial charge in [0.25, 0.3) is 0 Å². The summed E-state index contributed by atoms with van der Waals surface area (Å²) in [6.07, 6.45) is 0.151. The number of nitrogens with zero attached hydrogens (tertiary/aromatic N) is 2. The molecule has 6 nitrogen and oxygen atoms in total. The molecule has 3 amide bonds. The second kappa shape index (κ2) is 6.49. The first-order valence-electron chi connectivity index (χ1n) is 6.40. The fourth-order valence-electron chi connectivity index (χ4n) is 2.07. The quantitative estimate of drug-likeness (QED) is 0.655. The van der Waals surface area contributed by atoms with Gasteiger partial charge in [-0.1, -0.05) is 0 Å². The molecule has 0 aromatic carbocycles. The number of rotatable bonds is 6. The number of amides is 3. The standard InChI is InChI=1S/C12H21N3O3/c1-4-14(5-2)11(17)8-13-9-7-10(16)15(6-3)12(9)18/h9,13H,4-8H2,1-3H3. The van der Waals surface area contributed by atoms with Crippen LogP contribution in [0.25, 0.3) is 0 Å².